The Labute approximate surface area is 240 Å². The molecule has 220 valence electrons. The summed E-state index contributed by atoms with van der Waals surface area (Å²) in [6.07, 6.45) is 0.871. The van der Waals surface area contributed by atoms with Crippen LogP contribution in [0, 0.1) is 23.7 Å². The summed E-state index contributed by atoms with van der Waals surface area (Å²) in [6, 6.07) is 5.70. The Balaban J connectivity index is 1.40. The van der Waals surface area contributed by atoms with E-state index in [2.05, 4.69) is 0 Å². The van der Waals surface area contributed by atoms with Gasteiger partial charge in [-0.2, -0.15) is 0 Å². The van der Waals surface area contributed by atoms with Gasteiger partial charge < -0.3 is 21.7 Å². The van der Waals surface area contributed by atoms with E-state index in [0.717, 1.165) is 5.56 Å². The Morgan fingerprint density at radius 1 is 1.07 bits per heavy atom. The molecule has 0 spiro atoms. The smallest absolute Gasteiger partial charge is 0.235 e. The molecular weight excluding hydrogens is 544 g/mol. The molecular formula is C30H32N4O8. The van der Waals surface area contributed by atoms with Gasteiger partial charge >= 0.3 is 0 Å². The summed E-state index contributed by atoms with van der Waals surface area (Å²) in [7, 11) is 3.09. The van der Waals surface area contributed by atoms with Crippen LogP contribution < -0.4 is 11.5 Å². The van der Waals surface area contributed by atoms with Crippen molar-refractivity contribution in [2.45, 2.75) is 43.5 Å². The molecule has 6 N–H and O–H groups in total. The summed E-state index contributed by atoms with van der Waals surface area (Å²) in [5.41, 5.74) is 9.33. The number of phenolic OH excluding ortho intramolecular Hbond substituents is 1. The third kappa shape index (κ3) is 3.78. The van der Waals surface area contributed by atoms with Crippen molar-refractivity contribution in [3.8, 4) is 5.75 Å². The molecule has 1 heterocycles. The number of hydrogen-bond acceptors (Lipinski definition) is 10. The summed E-state index contributed by atoms with van der Waals surface area (Å²) in [5, 5.41) is 24.1. The average Bonchev–Trinajstić information content (AvgIpc) is 2.88. The van der Waals surface area contributed by atoms with Gasteiger partial charge in [-0.25, -0.2) is 0 Å². The minimum atomic E-state index is -2.76. The molecule has 1 saturated heterocycles. The van der Waals surface area contributed by atoms with E-state index in [1.807, 2.05) is 17.0 Å². The molecule has 2 saturated carbocycles. The van der Waals surface area contributed by atoms with Crippen LogP contribution in [0.4, 0.5) is 0 Å². The molecule has 7 atom stereocenters. The predicted octanol–water partition coefficient (Wildman–Crippen LogP) is -0.920. The predicted molar refractivity (Wildman–Crippen MR) is 147 cm³/mol. The first-order valence-corrected chi connectivity index (χ1v) is 13.9. The number of carbonyl (C=O) groups excluding carboxylic acids is 6. The van der Waals surface area contributed by atoms with Gasteiger partial charge in [-0.3, -0.25) is 38.6 Å². The first-order valence-electron chi connectivity index (χ1n) is 13.9. The van der Waals surface area contributed by atoms with Crippen molar-refractivity contribution in [2.75, 3.05) is 20.6 Å². The van der Waals surface area contributed by atoms with Gasteiger partial charge in [0.05, 0.1) is 23.6 Å². The molecule has 0 radical (unpaired) electrons. The van der Waals surface area contributed by atoms with Gasteiger partial charge in [0.25, 0.3) is 0 Å². The van der Waals surface area contributed by atoms with E-state index < -0.39 is 70.3 Å². The number of nitrogens with two attached hydrogens (primary N) is 2. The van der Waals surface area contributed by atoms with Crippen molar-refractivity contribution >= 4 is 45.7 Å². The number of hydrogen-bond donors (Lipinski definition) is 4. The number of Topliss-reactive ketones (excluding diaryl/α,β-unsaturated/α-hetero) is 4. The number of aromatic hydroxyl groups is 1. The van der Waals surface area contributed by atoms with Crippen LogP contribution in [0.25, 0.3) is 10.8 Å². The second kappa shape index (κ2) is 9.51. The molecule has 1 aliphatic heterocycles. The number of likely N-dealkylation sites (N-methyl/N-ethyl adjacent to an activating group) is 1. The fourth-order valence-electron chi connectivity index (χ4n) is 7.70. The molecule has 42 heavy (non-hydrogen) atoms. The van der Waals surface area contributed by atoms with Crippen LogP contribution >= 0.6 is 0 Å². The molecule has 4 aliphatic rings. The van der Waals surface area contributed by atoms with Gasteiger partial charge in [-0.05, 0) is 61.9 Å². The van der Waals surface area contributed by atoms with Gasteiger partial charge in [0.15, 0.2) is 34.7 Å². The number of benzene rings is 2. The molecule has 3 fully saturated rings. The first kappa shape index (κ1) is 28.1. The Morgan fingerprint density at radius 3 is 2.38 bits per heavy atom. The third-order valence-electron chi connectivity index (χ3n) is 9.77. The molecule has 2 aromatic rings. The number of rotatable bonds is 5. The SMILES string of the molecule is CN(C)[C@@H]1C(=O)C(C(N)=O)C(=O)[C@@]2(O)C(=O)C3C(=O)c4c(cc5ccc(CN6CCC6C(N)=O)cc5c4O)C[C@H]3C[C@@H]12. The van der Waals surface area contributed by atoms with Crippen molar-refractivity contribution in [3.63, 3.8) is 0 Å². The van der Waals surface area contributed by atoms with Gasteiger partial charge in [-0.15, -0.1) is 0 Å². The number of carbonyl (C=O) groups is 6. The topological polar surface area (TPSA) is 201 Å². The van der Waals surface area contributed by atoms with Crippen LogP contribution in [-0.4, -0.2) is 93.3 Å². The van der Waals surface area contributed by atoms with Gasteiger partial charge in [0.1, 0.15) is 5.75 Å². The summed E-state index contributed by atoms with van der Waals surface area (Å²) >= 11 is 0. The summed E-state index contributed by atoms with van der Waals surface area (Å²) in [4.78, 5) is 81.6. The maximum Gasteiger partial charge on any atom is 0.235 e. The molecule has 12 heteroatoms. The number of nitrogens with zero attached hydrogens (tertiary/aromatic N) is 2. The third-order valence-corrected chi connectivity index (χ3v) is 9.77. The summed E-state index contributed by atoms with van der Waals surface area (Å²) < 4.78 is 0. The lowest BCUT2D eigenvalue weighted by Crippen LogP contribution is -2.74. The van der Waals surface area contributed by atoms with Gasteiger partial charge in [-0.1, -0.05) is 18.2 Å². The molecule has 0 aromatic heterocycles. The largest absolute Gasteiger partial charge is 0.507 e. The number of ketones is 4. The lowest BCUT2D eigenvalue weighted by Gasteiger charge is -2.52. The highest BCUT2D eigenvalue weighted by Crippen LogP contribution is 2.51. The van der Waals surface area contributed by atoms with Crippen molar-refractivity contribution in [1.82, 2.24) is 9.80 Å². The van der Waals surface area contributed by atoms with Crippen LogP contribution in [0.2, 0.25) is 0 Å². The summed E-state index contributed by atoms with van der Waals surface area (Å²) in [6.45, 7) is 1.12. The Hall–Kier alpha value is -4.00. The van der Waals surface area contributed by atoms with E-state index in [4.69, 9.17) is 11.5 Å². The van der Waals surface area contributed by atoms with E-state index in [-0.39, 0.29) is 30.2 Å². The van der Waals surface area contributed by atoms with Crippen LogP contribution in [0.15, 0.2) is 24.3 Å². The average molecular weight is 577 g/mol. The maximum atomic E-state index is 14.0. The van der Waals surface area contributed by atoms with E-state index in [1.54, 1.807) is 26.2 Å². The number of primary amides is 2. The maximum absolute atomic E-state index is 14.0. The van der Waals surface area contributed by atoms with E-state index in [0.29, 0.717) is 35.8 Å². The molecule has 0 bridgehead atoms. The highest BCUT2D eigenvalue weighted by Gasteiger charge is 2.69. The zero-order chi connectivity index (χ0) is 30.4. The van der Waals surface area contributed by atoms with Crippen molar-refractivity contribution in [3.05, 3.63) is 41.0 Å². The second-order valence-electron chi connectivity index (χ2n) is 12.3. The number of phenols is 1. The van der Waals surface area contributed by atoms with Gasteiger partial charge in [0.2, 0.25) is 11.8 Å². The molecule has 2 amide bonds. The van der Waals surface area contributed by atoms with Crippen molar-refractivity contribution < 1.29 is 39.0 Å². The van der Waals surface area contributed by atoms with Gasteiger partial charge in [0, 0.05) is 24.4 Å². The Morgan fingerprint density at radius 2 is 1.79 bits per heavy atom. The standard InChI is InChI=1S/C30H32N4O8/c1-33(2)22-17-10-15-9-14-8-13-4-3-12(11-34-6-5-18(34)28(31)40)7-16(13)23(35)19(14)24(36)20(15)26(38)30(17,42)27(39)21(25(22)37)29(32)41/h3-4,7-8,15,17-18,20-22,35,42H,5-6,9-11H2,1-2H3,(H2,31,40)(H2,32,41)/t15-,17-,18?,20?,21?,22-,30-/m0/s1. The first-order chi connectivity index (χ1) is 19.8. The monoisotopic (exact) mass is 576 g/mol. The molecule has 2 aromatic carbocycles. The number of aliphatic hydroxyl groups is 1. The highest BCUT2D eigenvalue weighted by molar-refractivity contribution is 6.32. The summed E-state index contributed by atoms with van der Waals surface area (Å²) in [5.74, 6) is -11.1. The van der Waals surface area contributed by atoms with Crippen LogP contribution in [0.3, 0.4) is 0 Å². The molecule has 3 unspecified atom stereocenters. The van der Waals surface area contributed by atoms with E-state index in [1.165, 1.54) is 4.90 Å². The van der Waals surface area contributed by atoms with Crippen molar-refractivity contribution in [1.29, 1.82) is 0 Å². The molecule has 6 rings (SSSR count). The van der Waals surface area contributed by atoms with E-state index >= 15 is 0 Å². The van der Waals surface area contributed by atoms with E-state index in [9.17, 15) is 39.0 Å². The van der Waals surface area contributed by atoms with Crippen LogP contribution in [-0.2, 0) is 36.9 Å². The zero-order valence-electron chi connectivity index (χ0n) is 23.2. The fourth-order valence-corrected chi connectivity index (χ4v) is 7.70. The Bertz CT molecular complexity index is 1620. The normalized spacial score (nSPS) is 32.8. The second-order valence-corrected chi connectivity index (χ2v) is 12.3. The number of likely N-dealkylation sites (tertiary alicyclic amines) is 1. The van der Waals surface area contributed by atoms with Crippen LogP contribution in [0.1, 0.15) is 34.3 Å². The highest BCUT2D eigenvalue weighted by atomic mass is 16.3. The Kier molecular flexibility index (Phi) is 6.37. The lowest BCUT2D eigenvalue weighted by atomic mass is 9.52. The zero-order valence-corrected chi connectivity index (χ0v) is 23.2. The quantitative estimate of drug-likeness (QED) is 0.323. The molecule has 12 nitrogen and oxygen atoms in total. The van der Waals surface area contributed by atoms with Crippen molar-refractivity contribution in [2.24, 2.45) is 35.1 Å². The minimum Gasteiger partial charge on any atom is -0.507 e. The molecule has 3 aliphatic carbocycles. The fraction of sp³-hybridized carbons (Fsp3) is 0.467. The van der Waals surface area contributed by atoms with Crippen LogP contribution in [0.5, 0.6) is 5.75 Å². The minimum absolute atomic E-state index is 0.00149. The lowest BCUT2D eigenvalue weighted by molar-refractivity contribution is -0.181. The number of fused-ring (bicyclic) bond motifs is 4. The number of amides is 2.